The molecule has 0 amide bonds. The molecule has 0 bridgehead atoms. The van der Waals surface area contributed by atoms with E-state index in [9.17, 15) is 4.39 Å². The van der Waals surface area contributed by atoms with E-state index in [0.29, 0.717) is 11.7 Å². The van der Waals surface area contributed by atoms with Gasteiger partial charge < -0.3 is 15.5 Å². The van der Waals surface area contributed by atoms with Gasteiger partial charge in [-0.1, -0.05) is 19.1 Å². The van der Waals surface area contributed by atoms with E-state index >= 15 is 0 Å². The molecule has 0 unspecified atom stereocenters. The molecule has 2 N–H and O–H groups in total. The summed E-state index contributed by atoms with van der Waals surface area (Å²) in [6, 6.07) is 14.8. The maximum atomic E-state index is 12.9. The minimum Gasteiger partial charge on any atom is -0.371 e. The molecule has 5 heteroatoms. The van der Waals surface area contributed by atoms with Crippen molar-refractivity contribution in [2.24, 2.45) is 5.92 Å². The van der Waals surface area contributed by atoms with E-state index in [1.165, 1.54) is 36.2 Å². The van der Waals surface area contributed by atoms with Crippen LogP contribution in [-0.2, 0) is 6.54 Å². The molecule has 0 spiro atoms. The minimum absolute atomic E-state index is 0.257. The molecule has 1 aliphatic heterocycles. The summed E-state index contributed by atoms with van der Waals surface area (Å²) < 4.78 is 12.9. The van der Waals surface area contributed by atoms with Crippen LogP contribution in [0.2, 0.25) is 0 Å². The number of piperidine rings is 1. The predicted octanol–water partition coefficient (Wildman–Crippen LogP) is 4.55. The van der Waals surface area contributed by atoms with Gasteiger partial charge in [-0.05, 0) is 72.9 Å². The van der Waals surface area contributed by atoms with E-state index in [-0.39, 0.29) is 5.82 Å². The van der Waals surface area contributed by atoms with Gasteiger partial charge in [0.15, 0.2) is 5.11 Å². The first kappa shape index (κ1) is 17.7. The average molecular weight is 357 g/mol. The normalized spacial score (nSPS) is 17.2. The van der Waals surface area contributed by atoms with Crippen LogP contribution in [-0.4, -0.2) is 18.2 Å². The standard InChI is InChI=1S/C20H24FN3S/c1-15-3-2-12-24(14-15)19-10-4-16(5-11-19)13-22-20(25)23-18-8-6-17(21)7-9-18/h4-11,15H,2-3,12-14H2,1H3,(H2,22,23,25)/t15-/m0/s1. The average Bonchev–Trinajstić information content (AvgIpc) is 2.62. The van der Waals surface area contributed by atoms with Gasteiger partial charge in [-0.15, -0.1) is 0 Å². The highest BCUT2D eigenvalue weighted by Gasteiger charge is 2.16. The Hall–Kier alpha value is -2.14. The second-order valence-electron chi connectivity index (χ2n) is 6.67. The van der Waals surface area contributed by atoms with Gasteiger partial charge in [0.05, 0.1) is 0 Å². The molecule has 25 heavy (non-hydrogen) atoms. The highest BCUT2D eigenvalue weighted by Crippen LogP contribution is 2.23. The zero-order valence-electron chi connectivity index (χ0n) is 14.5. The lowest BCUT2D eigenvalue weighted by atomic mass is 9.99. The van der Waals surface area contributed by atoms with Gasteiger partial charge in [-0.25, -0.2) is 4.39 Å². The summed E-state index contributed by atoms with van der Waals surface area (Å²) in [6.45, 7) is 5.26. The van der Waals surface area contributed by atoms with Gasteiger partial charge in [0.25, 0.3) is 0 Å². The molecule has 3 nitrogen and oxygen atoms in total. The number of thiocarbonyl (C=S) groups is 1. The maximum absolute atomic E-state index is 12.9. The SMILES string of the molecule is C[C@H]1CCCN(c2ccc(CNC(=S)Nc3ccc(F)cc3)cc2)C1. The summed E-state index contributed by atoms with van der Waals surface area (Å²) in [7, 11) is 0. The van der Waals surface area contributed by atoms with Crippen molar-refractivity contribution >= 4 is 28.7 Å². The van der Waals surface area contributed by atoms with E-state index in [0.717, 1.165) is 24.7 Å². The summed E-state index contributed by atoms with van der Waals surface area (Å²) in [6.07, 6.45) is 2.60. The Morgan fingerprint density at radius 1 is 1.16 bits per heavy atom. The molecule has 2 aromatic carbocycles. The second-order valence-corrected chi connectivity index (χ2v) is 7.08. The number of hydrogen-bond acceptors (Lipinski definition) is 2. The summed E-state index contributed by atoms with van der Waals surface area (Å²) in [5, 5.41) is 6.76. The van der Waals surface area contributed by atoms with E-state index in [1.807, 2.05) is 0 Å². The highest BCUT2D eigenvalue weighted by molar-refractivity contribution is 7.80. The largest absolute Gasteiger partial charge is 0.371 e. The van der Waals surface area contributed by atoms with Crippen LogP contribution in [0.3, 0.4) is 0 Å². The molecule has 0 saturated carbocycles. The Labute approximate surface area is 154 Å². The minimum atomic E-state index is -0.257. The summed E-state index contributed by atoms with van der Waals surface area (Å²) >= 11 is 5.28. The number of benzene rings is 2. The number of anilines is 2. The number of hydrogen-bond donors (Lipinski definition) is 2. The van der Waals surface area contributed by atoms with Crippen LogP contribution in [0.1, 0.15) is 25.3 Å². The summed E-state index contributed by atoms with van der Waals surface area (Å²) in [4.78, 5) is 2.46. The molecule has 1 fully saturated rings. The van der Waals surface area contributed by atoms with Crippen molar-refractivity contribution in [3.8, 4) is 0 Å². The van der Waals surface area contributed by atoms with Crippen molar-refractivity contribution in [2.45, 2.75) is 26.3 Å². The fraction of sp³-hybridized carbons (Fsp3) is 0.350. The van der Waals surface area contributed by atoms with Gasteiger partial charge in [0.2, 0.25) is 0 Å². The van der Waals surface area contributed by atoms with Crippen molar-refractivity contribution in [3.05, 3.63) is 59.9 Å². The van der Waals surface area contributed by atoms with Crippen LogP contribution < -0.4 is 15.5 Å². The van der Waals surface area contributed by atoms with E-state index in [2.05, 4.69) is 46.7 Å². The Balaban J connectivity index is 1.49. The van der Waals surface area contributed by atoms with E-state index < -0.39 is 0 Å². The molecule has 1 aliphatic rings. The van der Waals surface area contributed by atoms with Gasteiger partial charge in [-0.3, -0.25) is 0 Å². The lowest BCUT2D eigenvalue weighted by molar-refractivity contribution is 0.447. The molecule has 2 aromatic rings. The summed E-state index contributed by atoms with van der Waals surface area (Å²) in [5.41, 5.74) is 3.24. The fourth-order valence-corrected chi connectivity index (χ4v) is 3.33. The molecular formula is C20H24FN3S. The Bertz CT molecular complexity index is 700. The molecule has 3 rings (SSSR count). The fourth-order valence-electron chi connectivity index (χ4n) is 3.14. The van der Waals surface area contributed by atoms with Crippen LogP contribution in [0.25, 0.3) is 0 Å². The molecule has 0 radical (unpaired) electrons. The molecule has 1 atom stereocenters. The molecule has 1 saturated heterocycles. The predicted molar refractivity (Wildman–Crippen MR) is 107 cm³/mol. The van der Waals surface area contributed by atoms with Crippen molar-refractivity contribution in [2.75, 3.05) is 23.3 Å². The quantitative estimate of drug-likeness (QED) is 0.785. The lowest BCUT2D eigenvalue weighted by Crippen LogP contribution is -2.34. The van der Waals surface area contributed by atoms with Gasteiger partial charge >= 0.3 is 0 Å². The van der Waals surface area contributed by atoms with Gasteiger partial charge in [0, 0.05) is 31.0 Å². The molecule has 132 valence electrons. The van der Waals surface area contributed by atoms with Crippen LogP contribution in [0, 0.1) is 11.7 Å². The van der Waals surface area contributed by atoms with E-state index in [4.69, 9.17) is 12.2 Å². The van der Waals surface area contributed by atoms with Crippen molar-refractivity contribution in [1.82, 2.24) is 5.32 Å². The number of halogens is 1. The first-order valence-corrected chi connectivity index (χ1v) is 9.15. The van der Waals surface area contributed by atoms with Crippen LogP contribution in [0.15, 0.2) is 48.5 Å². The zero-order valence-corrected chi connectivity index (χ0v) is 15.3. The first-order chi connectivity index (χ1) is 12.1. The smallest absolute Gasteiger partial charge is 0.171 e. The van der Waals surface area contributed by atoms with Gasteiger partial charge in [-0.2, -0.15) is 0 Å². The monoisotopic (exact) mass is 357 g/mol. The number of nitrogens with zero attached hydrogens (tertiary/aromatic N) is 1. The van der Waals surface area contributed by atoms with E-state index in [1.54, 1.807) is 12.1 Å². The first-order valence-electron chi connectivity index (χ1n) is 8.74. The molecular weight excluding hydrogens is 333 g/mol. The maximum Gasteiger partial charge on any atom is 0.171 e. The van der Waals surface area contributed by atoms with Crippen LogP contribution in [0.5, 0.6) is 0 Å². The van der Waals surface area contributed by atoms with Gasteiger partial charge in [0.1, 0.15) is 5.82 Å². The summed E-state index contributed by atoms with van der Waals surface area (Å²) in [5.74, 6) is 0.512. The number of rotatable bonds is 4. The Morgan fingerprint density at radius 2 is 1.88 bits per heavy atom. The lowest BCUT2D eigenvalue weighted by Gasteiger charge is -2.32. The van der Waals surface area contributed by atoms with Crippen LogP contribution >= 0.6 is 12.2 Å². The van der Waals surface area contributed by atoms with Crippen LogP contribution in [0.4, 0.5) is 15.8 Å². The topological polar surface area (TPSA) is 27.3 Å². The molecule has 1 heterocycles. The zero-order chi connectivity index (χ0) is 17.6. The third-order valence-corrected chi connectivity index (χ3v) is 4.76. The number of nitrogens with one attached hydrogen (secondary N) is 2. The third-order valence-electron chi connectivity index (χ3n) is 4.51. The highest BCUT2D eigenvalue weighted by atomic mass is 32.1. The Morgan fingerprint density at radius 3 is 2.56 bits per heavy atom. The van der Waals surface area contributed by atoms with Crippen molar-refractivity contribution < 1.29 is 4.39 Å². The van der Waals surface area contributed by atoms with Crippen molar-refractivity contribution in [3.63, 3.8) is 0 Å². The second kappa shape index (κ2) is 8.30. The third kappa shape index (κ3) is 5.16. The molecule has 0 aliphatic carbocycles. The Kier molecular flexibility index (Phi) is 5.87. The van der Waals surface area contributed by atoms with Crippen molar-refractivity contribution in [1.29, 1.82) is 0 Å². The molecule has 0 aromatic heterocycles.